The number of pyridine rings is 1. The van der Waals surface area contributed by atoms with Crippen LogP contribution < -0.4 is 11.3 Å². The number of hydrogen-bond acceptors (Lipinski definition) is 8. The van der Waals surface area contributed by atoms with Crippen LogP contribution in [-0.2, 0) is 14.4 Å². The lowest BCUT2D eigenvalue weighted by Gasteiger charge is -2.13. The number of amides is 2. The average Bonchev–Trinajstić information content (AvgIpc) is 2.99. The molecule has 1 saturated heterocycles. The maximum absolute atomic E-state index is 12.3. The van der Waals surface area contributed by atoms with Crippen molar-refractivity contribution in [1.29, 1.82) is 10.5 Å². The van der Waals surface area contributed by atoms with E-state index in [2.05, 4.69) is 4.98 Å². The van der Waals surface area contributed by atoms with E-state index < -0.39 is 23.3 Å². The summed E-state index contributed by atoms with van der Waals surface area (Å²) in [5.74, 6) is -2.46. The summed E-state index contributed by atoms with van der Waals surface area (Å²) in [6.45, 7) is 0. The van der Waals surface area contributed by atoms with Crippen molar-refractivity contribution >= 4 is 23.6 Å². The van der Waals surface area contributed by atoms with Gasteiger partial charge in [0.25, 0.3) is 17.4 Å². The van der Waals surface area contributed by atoms with Gasteiger partial charge in [-0.05, 0) is 17.7 Å². The zero-order valence-electron chi connectivity index (χ0n) is 14.2. The molecule has 0 aliphatic carbocycles. The number of benzene rings is 1. The largest absolute Gasteiger partial charge is 0.384 e. The summed E-state index contributed by atoms with van der Waals surface area (Å²) >= 11 is 0. The third kappa shape index (κ3) is 3.06. The lowest BCUT2D eigenvalue weighted by atomic mass is 9.95. The predicted octanol–water partition coefficient (Wildman–Crippen LogP) is 0.588. The van der Waals surface area contributed by atoms with Crippen LogP contribution in [0.25, 0.3) is 11.1 Å². The van der Waals surface area contributed by atoms with Crippen LogP contribution in [0.2, 0.25) is 0 Å². The number of aromatic amines is 1. The summed E-state index contributed by atoms with van der Waals surface area (Å²) < 4.78 is 0. The quantitative estimate of drug-likeness (QED) is 0.732. The van der Waals surface area contributed by atoms with Crippen LogP contribution in [0.5, 0.6) is 0 Å². The molecule has 1 aromatic carbocycles. The van der Waals surface area contributed by atoms with Gasteiger partial charge in [0.2, 0.25) is 0 Å². The van der Waals surface area contributed by atoms with Crippen LogP contribution in [0.1, 0.15) is 34.3 Å². The van der Waals surface area contributed by atoms with Gasteiger partial charge in [0, 0.05) is 18.4 Å². The molecule has 28 heavy (non-hydrogen) atoms. The van der Waals surface area contributed by atoms with Gasteiger partial charge in [0.1, 0.15) is 29.1 Å². The van der Waals surface area contributed by atoms with Crippen molar-refractivity contribution in [2.45, 2.75) is 12.8 Å². The van der Waals surface area contributed by atoms with Crippen molar-refractivity contribution in [3.05, 3.63) is 51.3 Å². The Morgan fingerprint density at radius 1 is 1.11 bits per heavy atom. The number of rotatable bonds is 3. The number of carbonyl (C=O) groups is 3. The number of nitrogen functional groups attached to an aromatic ring is 1. The molecule has 0 unspecified atom stereocenters. The van der Waals surface area contributed by atoms with Gasteiger partial charge in [-0.3, -0.25) is 14.4 Å². The summed E-state index contributed by atoms with van der Waals surface area (Å²) in [5, 5.41) is 19.1. The molecule has 2 heterocycles. The Hall–Kier alpha value is -4.44. The molecule has 1 aromatic heterocycles. The zero-order valence-corrected chi connectivity index (χ0v) is 14.2. The molecule has 1 fully saturated rings. The Kier molecular flexibility index (Phi) is 4.62. The Bertz CT molecular complexity index is 1150. The molecule has 2 amide bonds. The van der Waals surface area contributed by atoms with E-state index in [0.29, 0.717) is 5.06 Å². The molecule has 0 bridgehead atoms. The second kappa shape index (κ2) is 7.05. The van der Waals surface area contributed by atoms with Crippen LogP contribution in [-0.4, -0.2) is 27.8 Å². The molecule has 1 aliphatic rings. The van der Waals surface area contributed by atoms with Crippen LogP contribution in [0, 0.1) is 22.7 Å². The highest BCUT2D eigenvalue weighted by atomic mass is 16.7. The van der Waals surface area contributed by atoms with Crippen LogP contribution in [0.3, 0.4) is 0 Å². The minimum absolute atomic E-state index is 0.0331. The molecular weight excluding hydrogens is 366 g/mol. The van der Waals surface area contributed by atoms with Gasteiger partial charge in [-0.2, -0.15) is 10.5 Å². The summed E-state index contributed by atoms with van der Waals surface area (Å²) in [6.07, 6.45) is -0.0927. The second-order valence-corrected chi connectivity index (χ2v) is 5.76. The van der Waals surface area contributed by atoms with Gasteiger partial charge < -0.3 is 15.6 Å². The van der Waals surface area contributed by atoms with Gasteiger partial charge in [0.05, 0.1) is 5.56 Å². The Labute approximate surface area is 157 Å². The molecule has 10 heteroatoms. The molecule has 138 valence electrons. The van der Waals surface area contributed by atoms with Crippen molar-refractivity contribution in [3.63, 3.8) is 0 Å². The molecular formula is C18H11N5O5. The van der Waals surface area contributed by atoms with E-state index in [1.807, 2.05) is 6.07 Å². The Morgan fingerprint density at radius 2 is 1.75 bits per heavy atom. The lowest BCUT2D eigenvalue weighted by molar-refractivity contribution is -0.172. The van der Waals surface area contributed by atoms with E-state index in [9.17, 15) is 29.7 Å². The number of nitrogens with zero attached hydrogens (tertiary/aromatic N) is 3. The summed E-state index contributed by atoms with van der Waals surface area (Å²) in [5.41, 5.74) is 4.51. The number of imide groups is 1. The third-order valence-electron chi connectivity index (χ3n) is 4.04. The number of anilines is 1. The standard InChI is InChI=1S/C18H11N5O5/c19-7-11-15(12(8-20)17(26)22-16(11)21)9-2-1-3-10(6-9)18(27)28-23-13(24)4-5-14(23)25/h1-3,6H,4-5H2,(H3,21,22,26). The van der Waals surface area contributed by atoms with E-state index >= 15 is 0 Å². The van der Waals surface area contributed by atoms with Crippen molar-refractivity contribution in [2.24, 2.45) is 0 Å². The molecule has 0 atom stereocenters. The number of hydroxylamine groups is 2. The van der Waals surface area contributed by atoms with Crippen molar-refractivity contribution in [2.75, 3.05) is 5.73 Å². The van der Waals surface area contributed by atoms with Crippen molar-refractivity contribution in [1.82, 2.24) is 10.0 Å². The van der Waals surface area contributed by atoms with Crippen molar-refractivity contribution in [3.8, 4) is 23.3 Å². The number of nitrogens with one attached hydrogen (secondary N) is 1. The van der Waals surface area contributed by atoms with Gasteiger partial charge in [-0.15, -0.1) is 5.06 Å². The lowest BCUT2D eigenvalue weighted by Crippen LogP contribution is -2.32. The Balaban J connectivity index is 2.06. The molecule has 2 aromatic rings. The average molecular weight is 377 g/mol. The van der Waals surface area contributed by atoms with E-state index in [4.69, 9.17) is 10.6 Å². The summed E-state index contributed by atoms with van der Waals surface area (Å²) in [6, 6.07) is 9.06. The first-order chi connectivity index (χ1) is 13.4. The monoisotopic (exact) mass is 377 g/mol. The van der Waals surface area contributed by atoms with Crippen LogP contribution >= 0.6 is 0 Å². The van der Waals surface area contributed by atoms with E-state index in [0.717, 1.165) is 0 Å². The third-order valence-corrected chi connectivity index (χ3v) is 4.04. The number of aromatic nitrogens is 1. The number of carbonyl (C=O) groups excluding carboxylic acids is 3. The predicted molar refractivity (Wildman–Crippen MR) is 92.8 cm³/mol. The maximum atomic E-state index is 12.3. The minimum Gasteiger partial charge on any atom is -0.384 e. The summed E-state index contributed by atoms with van der Waals surface area (Å²) in [4.78, 5) is 54.6. The first-order valence-corrected chi connectivity index (χ1v) is 7.91. The number of hydrogen-bond donors (Lipinski definition) is 2. The fourth-order valence-corrected chi connectivity index (χ4v) is 2.73. The first-order valence-electron chi connectivity index (χ1n) is 7.91. The fraction of sp³-hybridized carbons (Fsp3) is 0.111. The van der Waals surface area contributed by atoms with Gasteiger partial charge in [0.15, 0.2) is 0 Å². The Morgan fingerprint density at radius 3 is 2.36 bits per heavy atom. The van der Waals surface area contributed by atoms with E-state index in [-0.39, 0.29) is 46.5 Å². The smallest absolute Gasteiger partial charge is 0.363 e. The van der Waals surface area contributed by atoms with Gasteiger partial charge in [-0.25, -0.2) is 4.79 Å². The van der Waals surface area contributed by atoms with Crippen molar-refractivity contribution < 1.29 is 19.2 Å². The zero-order chi connectivity index (χ0) is 20.4. The number of nitrogens with two attached hydrogens (primary N) is 1. The number of nitriles is 2. The molecule has 1 aliphatic heterocycles. The van der Waals surface area contributed by atoms with E-state index in [1.54, 1.807) is 6.07 Å². The normalized spacial score (nSPS) is 13.1. The van der Waals surface area contributed by atoms with Crippen LogP contribution in [0.4, 0.5) is 5.82 Å². The topological polar surface area (TPSA) is 170 Å². The van der Waals surface area contributed by atoms with Crippen LogP contribution in [0.15, 0.2) is 29.1 Å². The molecule has 10 nitrogen and oxygen atoms in total. The fourth-order valence-electron chi connectivity index (χ4n) is 2.73. The SMILES string of the molecule is N#Cc1c(N)[nH]c(=O)c(C#N)c1-c1cccc(C(=O)ON2C(=O)CCC2=O)c1. The highest BCUT2D eigenvalue weighted by Gasteiger charge is 2.33. The minimum atomic E-state index is -0.986. The maximum Gasteiger partial charge on any atom is 0.363 e. The highest BCUT2D eigenvalue weighted by Crippen LogP contribution is 2.29. The first kappa shape index (κ1) is 18.4. The second-order valence-electron chi connectivity index (χ2n) is 5.76. The van der Waals surface area contributed by atoms with Gasteiger partial charge in [-0.1, -0.05) is 12.1 Å². The highest BCUT2D eigenvalue weighted by molar-refractivity contribution is 6.03. The number of H-pyrrole nitrogens is 1. The van der Waals surface area contributed by atoms with Gasteiger partial charge >= 0.3 is 5.97 Å². The molecule has 0 spiro atoms. The molecule has 0 saturated carbocycles. The molecule has 3 N–H and O–H groups in total. The molecule has 0 radical (unpaired) electrons. The summed E-state index contributed by atoms with van der Waals surface area (Å²) in [7, 11) is 0. The van der Waals surface area contributed by atoms with E-state index in [1.165, 1.54) is 24.3 Å². The molecule has 3 rings (SSSR count).